The number of rotatable bonds is 5. The van der Waals surface area contributed by atoms with E-state index in [2.05, 4.69) is 34.4 Å². The third-order valence-electron chi connectivity index (χ3n) is 3.46. The number of nitrogen functional groups attached to an aromatic ring is 1. The first-order valence-corrected chi connectivity index (χ1v) is 9.02. The highest BCUT2D eigenvalue weighted by atomic mass is 32.2. The zero-order valence-corrected chi connectivity index (χ0v) is 14.4. The SMILES string of the molecule is CSC(C)(C)CNC(=O)c1sc(N2CCNCC2)nc1N. The van der Waals surface area contributed by atoms with E-state index in [4.69, 9.17) is 5.73 Å². The van der Waals surface area contributed by atoms with Crippen LogP contribution in [0.1, 0.15) is 23.5 Å². The summed E-state index contributed by atoms with van der Waals surface area (Å²) in [7, 11) is 0. The van der Waals surface area contributed by atoms with Crippen LogP contribution in [-0.4, -0.2) is 54.6 Å². The predicted octanol–water partition coefficient (Wildman–Crippen LogP) is 1.01. The summed E-state index contributed by atoms with van der Waals surface area (Å²) in [4.78, 5) is 19.3. The van der Waals surface area contributed by atoms with Gasteiger partial charge in [0.2, 0.25) is 0 Å². The standard InChI is InChI=1S/C13H23N5OS2/c1-13(2,20-3)8-16-11(19)9-10(14)17-12(21-9)18-6-4-15-5-7-18/h15H,4-8,14H2,1-3H3,(H,16,19). The number of amides is 1. The van der Waals surface area contributed by atoms with Gasteiger partial charge in [-0.1, -0.05) is 11.3 Å². The van der Waals surface area contributed by atoms with Crippen molar-refractivity contribution in [3.05, 3.63) is 4.88 Å². The first-order valence-electron chi connectivity index (χ1n) is 6.98. The summed E-state index contributed by atoms with van der Waals surface area (Å²) in [6.07, 6.45) is 2.04. The lowest BCUT2D eigenvalue weighted by Crippen LogP contribution is -2.43. The average Bonchev–Trinajstić information content (AvgIpc) is 2.88. The van der Waals surface area contributed by atoms with Gasteiger partial charge in [0.15, 0.2) is 5.13 Å². The molecule has 0 unspecified atom stereocenters. The van der Waals surface area contributed by atoms with Gasteiger partial charge in [-0.3, -0.25) is 4.79 Å². The van der Waals surface area contributed by atoms with E-state index in [1.165, 1.54) is 11.3 Å². The molecule has 1 aromatic heterocycles. The van der Waals surface area contributed by atoms with Gasteiger partial charge in [0.25, 0.3) is 5.91 Å². The van der Waals surface area contributed by atoms with Crippen LogP contribution in [0.3, 0.4) is 0 Å². The molecule has 0 aliphatic carbocycles. The lowest BCUT2D eigenvalue weighted by molar-refractivity contribution is 0.0955. The number of piperazine rings is 1. The molecule has 1 amide bonds. The summed E-state index contributed by atoms with van der Waals surface area (Å²) in [6.45, 7) is 8.46. The largest absolute Gasteiger partial charge is 0.382 e. The number of aromatic nitrogens is 1. The molecule has 1 aromatic rings. The van der Waals surface area contributed by atoms with Crippen molar-refractivity contribution in [2.75, 3.05) is 49.6 Å². The molecule has 4 N–H and O–H groups in total. The van der Waals surface area contributed by atoms with E-state index in [-0.39, 0.29) is 10.7 Å². The molecule has 2 heterocycles. The summed E-state index contributed by atoms with van der Waals surface area (Å²) in [5, 5.41) is 7.08. The van der Waals surface area contributed by atoms with E-state index in [1.807, 2.05) is 6.26 Å². The Morgan fingerprint density at radius 1 is 1.52 bits per heavy atom. The summed E-state index contributed by atoms with van der Waals surface area (Å²) in [5.74, 6) is 0.196. The van der Waals surface area contributed by atoms with Gasteiger partial charge >= 0.3 is 0 Å². The highest BCUT2D eigenvalue weighted by molar-refractivity contribution is 7.99. The molecule has 118 valence electrons. The fourth-order valence-electron chi connectivity index (χ4n) is 1.92. The van der Waals surface area contributed by atoms with E-state index >= 15 is 0 Å². The number of nitrogens with one attached hydrogen (secondary N) is 2. The molecule has 8 heteroatoms. The van der Waals surface area contributed by atoms with Crippen LogP contribution in [-0.2, 0) is 0 Å². The Hall–Kier alpha value is -0.990. The molecule has 2 rings (SSSR count). The van der Waals surface area contributed by atoms with Crippen LogP contribution >= 0.6 is 23.1 Å². The lowest BCUT2D eigenvalue weighted by Gasteiger charge is -2.26. The average molecular weight is 329 g/mol. The van der Waals surface area contributed by atoms with Gasteiger partial charge in [-0.05, 0) is 20.1 Å². The van der Waals surface area contributed by atoms with Gasteiger partial charge in [-0.2, -0.15) is 11.8 Å². The number of carbonyl (C=O) groups is 1. The molecule has 21 heavy (non-hydrogen) atoms. The van der Waals surface area contributed by atoms with Crippen molar-refractivity contribution >= 4 is 40.0 Å². The Bertz CT molecular complexity index is 497. The van der Waals surface area contributed by atoms with Crippen molar-refractivity contribution in [2.45, 2.75) is 18.6 Å². The van der Waals surface area contributed by atoms with Crippen LogP contribution in [0.25, 0.3) is 0 Å². The van der Waals surface area contributed by atoms with Crippen molar-refractivity contribution in [3.8, 4) is 0 Å². The predicted molar refractivity (Wildman–Crippen MR) is 91.5 cm³/mol. The molecule has 0 atom stereocenters. The monoisotopic (exact) mass is 329 g/mol. The smallest absolute Gasteiger partial charge is 0.265 e. The lowest BCUT2D eigenvalue weighted by atomic mass is 10.2. The minimum absolute atomic E-state index is 0.0104. The highest BCUT2D eigenvalue weighted by Crippen LogP contribution is 2.28. The van der Waals surface area contributed by atoms with Gasteiger partial charge in [-0.25, -0.2) is 4.98 Å². The maximum Gasteiger partial charge on any atom is 0.265 e. The van der Waals surface area contributed by atoms with Crippen molar-refractivity contribution in [2.24, 2.45) is 0 Å². The second-order valence-corrected chi connectivity index (χ2v) is 8.09. The zero-order chi connectivity index (χ0) is 15.5. The van der Waals surface area contributed by atoms with E-state index < -0.39 is 0 Å². The number of hydrogen-bond donors (Lipinski definition) is 3. The molecule has 0 saturated carbocycles. The molecule has 0 spiro atoms. The van der Waals surface area contributed by atoms with E-state index in [9.17, 15) is 4.79 Å². The molecule has 0 bridgehead atoms. The zero-order valence-electron chi connectivity index (χ0n) is 12.7. The second kappa shape index (κ2) is 6.85. The van der Waals surface area contributed by atoms with Gasteiger partial charge in [-0.15, -0.1) is 0 Å². The van der Waals surface area contributed by atoms with Crippen LogP contribution < -0.4 is 21.3 Å². The Labute approximate surface area is 133 Å². The molecule has 1 fully saturated rings. The molecule has 1 aliphatic heterocycles. The summed E-state index contributed by atoms with van der Waals surface area (Å²) >= 11 is 3.10. The number of hydrogen-bond acceptors (Lipinski definition) is 7. The molecule has 1 saturated heterocycles. The number of nitrogens with zero attached hydrogens (tertiary/aromatic N) is 2. The van der Waals surface area contributed by atoms with Crippen LogP contribution in [0.15, 0.2) is 0 Å². The molecule has 0 radical (unpaired) electrons. The fourth-order valence-corrected chi connectivity index (χ4v) is 3.09. The number of nitrogens with two attached hydrogens (primary N) is 1. The van der Waals surface area contributed by atoms with Crippen LogP contribution in [0.5, 0.6) is 0 Å². The van der Waals surface area contributed by atoms with Crippen molar-refractivity contribution in [1.82, 2.24) is 15.6 Å². The van der Waals surface area contributed by atoms with E-state index in [0.29, 0.717) is 17.2 Å². The van der Waals surface area contributed by atoms with E-state index in [1.54, 1.807) is 11.8 Å². The number of anilines is 2. The third-order valence-corrected chi connectivity index (χ3v) is 5.84. The normalized spacial score (nSPS) is 16.0. The van der Waals surface area contributed by atoms with Gasteiger partial charge in [0.1, 0.15) is 10.7 Å². The number of thioether (sulfide) groups is 1. The van der Waals surface area contributed by atoms with Crippen LogP contribution in [0.4, 0.5) is 10.9 Å². The molecular weight excluding hydrogens is 306 g/mol. The highest BCUT2D eigenvalue weighted by Gasteiger charge is 2.23. The van der Waals surface area contributed by atoms with E-state index in [0.717, 1.165) is 31.3 Å². The summed E-state index contributed by atoms with van der Waals surface area (Å²) in [6, 6.07) is 0. The fraction of sp³-hybridized carbons (Fsp3) is 0.692. The Balaban J connectivity index is 2.02. The molecule has 6 nitrogen and oxygen atoms in total. The third kappa shape index (κ3) is 4.24. The minimum Gasteiger partial charge on any atom is -0.382 e. The first-order chi connectivity index (χ1) is 9.93. The number of carbonyl (C=O) groups excluding carboxylic acids is 1. The summed E-state index contributed by atoms with van der Waals surface area (Å²) < 4.78 is 0.0104. The maximum atomic E-state index is 12.3. The van der Waals surface area contributed by atoms with Crippen molar-refractivity contribution in [3.63, 3.8) is 0 Å². The molecular formula is C13H23N5OS2. The first kappa shape index (κ1) is 16.4. The van der Waals surface area contributed by atoms with Crippen molar-refractivity contribution in [1.29, 1.82) is 0 Å². The van der Waals surface area contributed by atoms with Crippen LogP contribution in [0, 0.1) is 0 Å². The quantitative estimate of drug-likeness (QED) is 0.748. The molecule has 0 aromatic carbocycles. The number of thiazole rings is 1. The second-order valence-electron chi connectivity index (χ2n) is 5.59. The Morgan fingerprint density at radius 2 is 2.19 bits per heavy atom. The van der Waals surface area contributed by atoms with Gasteiger partial charge < -0.3 is 21.3 Å². The summed E-state index contributed by atoms with van der Waals surface area (Å²) in [5.41, 5.74) is 5.91. The minimum atomic E-state index is -0.131. The Morgan fingerprint density at radius 3 is 2.81 bits per heavy atom. The maximum absolute atomic E-state index is 12.3. The van der Waals surface area contributed by atoms with Crippen molar-refractivity contribution < 1.29 is 4.79 Å². The Kier molecular flexibility index (Phi) is 5.34. The topological polar surface area (TPSA) is 83.3 Å². The van der Waals surface area contributed by atoms with Gasteiger partial charge in [0.05, 0.1) is 0 Å². The van der Waals surface area contributed by atoms with Crippen LogP contribution in [0.2, 0.25) is 0 Å². The van der Waals surface area contributed by atoms with Gasteiger partial charge in [0, 0.05) is 37.5 Å². The molecule has 1 aliphatic rings.